The van der Waals surface area contributed by atoms with Crippen molar-refractivity contribution in [3.63, 3.8) is 0 Å². The van der Waals surface area contributed by atoms with Crippen molar-refractivity contribution >= 4 is 11.6 Å². The van der Waals surface area contributed by atoms with Crippen LogP contribution in [-0.2, 0) is 11.2 Å². The van der Waals surface area contributed by atoms with Crippen LogP contribution < -0.4 is 11.1 Å². The van der Waals surface area contributed by atoms with Crippen LogP contribution in [0.4, 0.5) is 5.69 Å². The zero-order chi connectivity index (χ0) is 12.7. The molecule has 3 heteroatoms. The number of benzene rings is 1. The lowest BCUT2D eigenvalue weighted by Crippen LogP contribution is -2.16. The summed E-state index contributed by atoms with van der Waals surface area (Å²) in [6, 6.07) is 7.97. The SMILES string of the molecule is CCc1cccc(NC(=O)CCC(C)CN)c1. The third-order valence-electron chi connectivity index (χ3n) is 2.89. The monoisotopic (exact) mass is 234 g/mol. The summed E-state index contributed by atoms with van der Waals surface area (Å²) in [5, 5.41) is 2.92. The van der Waals surface area contributed by atoms with Crippen molar-refractivity contribution in [1.82, 2.24) is 0 Å². The molecule has 3 N–H and O–H groups in total. The Morgan fingerprint density at radius 3 is 2.88 bits per heavy atom. The van der Waals surface area contributed by atoms with Crippen molar-refractivity contribution in [2.24, 2.45) is 11.7 Å². The average Bonchev–Trinajstić information content (AvgIpc) is 2.36. The Balaban J connectivity index is 2.44. The van der Waals surface area contributed by atoms with E-state index in [1.165, 1.54) is 5.56 Å². The van der Waals surface area contributed by atoms with E-state index in [-0.39, 0.29) is 5.91 Å². The van der Waals surface area contributed by atoms with Gasteiger partial charge in [0.1, 0.15) is 0 Å². The molecule has 1 amide bonds. The molecular formula is C14H22N2O. The number of hydrogen-bond acceptors (Lipinski definition) is 2. The highest BCUT2D eigenvalue weighted by Crippen LogP contribution is 2.12. The zero-order valence-corrected chi connectivity index (χ0v) is 10.7. The molecule has 0 heterocycles. The van der Waals surface area contributed by atoms with Crippen LogP contribution in [-0.4, -0.2) is 12.5 Å². The Morgan fingerprint density at radius 2 is 2.24 bits per heavy atom. The summed E-state index contributed by atoms with van der Waals surface area (Å²) >= 11 is 0. The van der Waals surface area contributed by atoms with Crippen molar-refractivity contribution in [1.29, 1.82) is 0 Å². The van der Waals surface area contributed by atoms with Gasteiger partial charge in [0.05, 0.1) is 0 Å². The molecule has 0 fully saturated rings. The van der Waals surface area contributed by atoms with E-state index in [4.69, 9.17) is 5.73 Å². The standard InChI is InChI=1S/C14H22N2O/c1-3-12-5-4-6-13(9-12)16-14(17)8-7-11(2)10-15/h4-6,9,11H,3,7-8,10,15H2,1-2H3,(H,16,17). The third-order valence-corrected chi connectivity index (χ3v) is 2.89. The van der Waals surface area contributed by atoms with Gasteiger partial charge in [-0.1, -0.05) is 26.0 Å². The number of carbonyl (C=O) groups is 1. The van der Waals surface area contributed by atoms with E-state index in [2.05, 4.69) is 25.2 Å². The molecule has 17 heavy (non-hydrogen) atoms. The molecule has 1 atom stereocenters. The van der Waals surface area contributed by atoms with E-state index in [0.29, 0.717) is 18.9 Å². The van der Waals surface area contributed by atoms with Crippen LogP contribution in [0.1, 0.15) is 32.3 Å². The van der Waals surface area contributed by atoms with Crippen LogP contribution in [0.2, 0.25) is 0 Å². The first-order valence-electron chi connectivity index (χ1n) is 6.24. The molecule has 1 aromatic rings. The van der Waals surface area contributed by atoms with Gasteiger partial charge in [0.15, 0.2) is 0 Å². The predicted octanol–water partition coefficient (Wildman–Crippen LogP) is 2.56. The molecule has 0 spiro atoms. The van der Waals surface area contributed by atoms with Gasteiger partial charge in [0.2, 0.25) is 5.91 Å². The zero-order valence-electron chi connectivity index (χ0n) is 10.7. The van der Waals surface area contributed by atoms with E-state index >= 15 is 0 Å². The van der Waals surface area contributed by atoms with Crippen LogP contribution in [0.25, 0.3) is 0 Å². The average molecular weight is 234 g/mol. The Morgan fingerprint density at radius 1 is 1.47 bits per heavy atom. The molecule has 0 radical (unpaired) electrons. The lowest BCUT2D eigenvalue weighted by Gasteiger charge is -2.09. The van der Waals surface area contributed by atoms with Crippen LogP contribution in [0, 0.1) is 5.92 Å². The van der Waals surface area contributed by atoms with E-state index in [1.807, 2.05) is 18.2 Å². The summed E-state index contributed by atoms with van der Waals surface area (Å²) in [6.45, 7) is 4.80. The Labute approximate surface area is 103 Å². The predicted molar refractivity (Wildman–Crippen MR) is 71.9 cm³/mol. The van der Waals surface area contributed by atoms with Crippen molar-refractivity contribution in [2.45, 2.75) is 33.1 Å². The molecule has 0 bridgehead atoms. The van der Waals surface area contributed by atoms with Crippen molar-refractivity contribution in [2.75, 3.05) is 11.9 Å². The largest absolute Gasteiger partial charge is 0.330 e. The van der Waals surface area contributed by atoms with Crippen LogP contribution >= 0.6 is 0 Å². The first-order valence-corrected chi connectivity index (χ1v) is 6.24. The highest BCUT2D eigenvalue weighted by molar-refractivity contribution is 5.90. The fourth-order valence-electron chi connectivity index (χ4n) is 1.59. The third kappa shape index (κ3) is 5.00. The summed E-state index contributed by atoms with van der Waals surface area (Å²) in [5.41, 5.74) is 7.64. The van der Waals surface area contributed by atoms with Gasteiger partial charge >= 0.3 is 0 Å². The number of carbonyl (C=O) groups excluding carboxylic acids is 1. The maximum atomic E-state index is 11.7. The van der Waals surface area contributed by atoms with E-state index in [9.17, 15) is 4.79 Å². The first kappa shape index (κ1) is 13.7. The highest BCUT2D eigenvalue weighted by atomic mass is 16.1. The summed E-state index contributed by atoms with van der Waals surface area (Å²) in [4.78, 5) is 11.7. The van der Waals surface area contributed by atoms with E-state index in [0.717, 1.165) is 18.5 Å². The van der Waals surface area contributed by atoms with E-state index < -0.39 is 0 Å². The molecular weight excluding hydrogens is 212 g/mol. The van der Waals surface area contributed by atoms with Gasteiger partial charge in [-0.15, -0.1) is 0 Å². The maximum absolute atomic E-state index is 11.7. The Bertz CT molecular complexity index is 363. The van der Waals surface area contributed by atoms with Gasteiger partial charge in [-0.2, -0.15) is 0 Å². The van der Waals surface area contributed by atoms with E-state index in [1.54, 1.807) is 0 Å². The number of hydrogen-bond donors (Lipinski definition) is 2. The molecule has 1 rings (SSSR count). The molecule has 0 aliphatic carbocycles. The van der Waals surface area contributed by atoms with Gasteiger partial charge in [-0.3, -0.25) is 4.79 Å². The fourth-order valence-corrected chi connectivity index (χ4v) is 1.59. The lowest BCUT2D eigenvalue weighted by atomic mass is 10.1. The van der Waals surface area contributed by atoms with Crippen LogP contribution in [0.15, 0.2) is 24.3 Å². The van der Waals surface area contributed by atoms with Crippen molar-refractivity contribution < 1.29 is 4.79 Å². The molecule has 0 aromatic heterocycles. The van der Waals surface area contributed by atoms with Crippen LogP contribution in [0.5, 0.6) is 0 Å². The minimum atomic E-state index is 0.0681. The minimum absolute atomic E-state index is 0.0681. The van der Waals surface area contributed by atoms with Crippen molar-refractivity contribution in [3.8, 4) is 0 Å². The van der Waals surface area contributed by atoms with Gasteiger partial charge in [-0.25, -0.2) is 0 Å². The second-order valence-corrected chi connectivity index (χ2v) is 4.48. The number of aryl methyl sites for hydroxylation is 1. The molecule has 1 aromatic carbocycles. The van der Waals surface area contributed by atoms with Gasteiger partial charge in [-0.05, 0) is 43.0 Å². The molecule has 0 saturated carbocycles. The normalized spacial score (nSPS) is 12.2. The number of nitrogens with one attached hydrogen (secondary N) is 1. The number of rotatable bonds is 6. The fraction of sp³-hybridized carbons (Fsp3) is 0.500. The molecule has 1 unspecified atom stereocenters. The van der Waals surface area contributed by atoms with Gasteiger partial charge in [0, 0.05) is 12.1 Å². The van der Waals surface area contributed by atoms with Crippen LogP contribution in [0.3, 0.4) is 0 Å². The summed E-state index contributed by atoms with van der Waals surface area (Å²) < 4.78 is 0. The molecule has 94 valence electrons. The molecule has 3 nitrogen and oxygen atoms in total. The smallest absolute Gasteiger partial charge is 0.224 e. The van der Waals surface area contributed by atoms with Gasteiger partial charge < -0.3 is 11.1 Å². The minimum Gasteiger partial charge on any atom is -0.330 e. The number of amides is 1. The van der Waals surface area contributed by atoms with Crippen molar-refractivity contribution in [3.05, 3.63) is 29.8 Å². The molecule has 0 aliphatic heterocycles. The summed E-state index contributed by atoms with van der Waals surface area (Å²) in [6.07, 6.45) is 2.36. The summed E-state index contributed by atoms with van der Waals surface area (Å²) in [5.74, 6) is 0.473. The summed E-state index contributed by atoms with van der Waals surface area (Å²) in [7, 11) is 0. The highest BCUT2D eigenvalue weighted by Gasteiger charge is 2.05. The number of nitrogens with two attached hydrogens (primary N) is 1. The molecule has 0 saturated heterocycles. The van der Waals surface area contributed by atoms with Gasteiger partial charge in [0.25, 0.3) is 0 Å². The second-order valence-electron chi connectivity index (χ2n) is 4.48. The molecule has 0 aliphatic rings. The topological polar surface area (TPSA) is 55.1 Å². The maximum Gasteiger partial charge on any atom is 0.224 e. The second kappa shape index (κ2) is 7.07. The lowest BCUT2D eigenvalue weighted by molar-refractivity contribution is -0.116. The first-order chi connectivity index (χ1) is 8.15. The Kier molecular flexibility index (Phi) is 5.70. The number of anilines is 1. The Hall–Kier alpha value is -1.35. The quantitative estimate of drug-likeness (QED) is 0.794.